The first-order chi connectivity index (χ1) is 12.0. The number of unbranched alkanes of at least 4 members (excludes halogenated alkanes) is 6. The van der Waals surface area contributed by atoms with Gasteiger partial charge in [0.25, 0.3) is 0 Å². The highest BCUT2D eigenvalue weighted by atomic mass is 16.5. The molecule has 0 aliphatic heterocycles. The zero-order chi connectivity index (χ0) is 18.5. The Labute approximate surface area is 151 Å². The zero-order valence-electron chi connectivity index (χ0n) is 15.9. The minimum Gasteiger partial charge on any atom is -0.462 e. The zero-order valence-corrected chi connectivity index (χ0v) is 15.9. The van der Waals surface area contributed by atoms with Crippen LogP contribution in [0.15, 0.2) is 24.3 Å². The van der Waals surface area contributed by atoms with Gasteiger partial charge in [-0.2, -0.15) is 0 Å². The van der Waals surface area contributed by atoms with Crippen LogP contribution < -0.4 is 0 Å². The normalized spacial score (nSPS) is 10.7. The molecule has 4 heteroatoms. The number of benzene rings is 1. The van der Waals surface area contributed by atoms with Gasteiger partial charge in [-0.1, -0.05) is 59.3 Å². The highest BCUT2D eigenvalue weighted by molar-refractivity contribution is 5.93. The summed E-state index contributed by atoms with van der Waals surface area (Å²) >= 11 is 0. The second-order valence-corrected chi connectivity index (χ2v) is 6.83. The van der Waals surface area contributed by atoms with Gasteiger partial charge in [0.05, 0.1) is 24.3 Å². The van der Waals surface area contributed by atoms with Crippen molar-refractivity contribution in [3.63, 3.8) is 0 Å². The maximum absolute atomic E-state index is 12.0. The summed E-state index contributed by atoms with van der Waals surface area (Å²) < 4.78 is 10.4. The molecule has 0 amide bonds. The van der Waals surface area contributed by atoms with E-state index in [1.165, 1.54) is 32.1 Å². The summed E-state index contributed by atoms with van der Waals surface area (Å²) in [6.45, 7) is 7.02. The fourth-order valence-electron chi connectivity index (χ4n) is 2.38. The minimum absolute atomic E-state index is 0.296. The molecule has 0 saturated heterocycles. The molecule has 0 heterocycles. The molecule has 140 valence electrons. The second-order valence-electron chi connectivity index (χ2n) is 6.83. The van der Waals surface area contributed by atoms with E-state index in [4.69, 9.17) is 9.47 Å². The van der Waals surface area contributed by atoms with Crippen LogP contribution in [0.25, 0.3) is 0 Å². The average molecular weight is 348 g/mol. The van der Waals surface area contributed by atoms with Crippen molar-refractivity contribution in [1.82, 2.24) is 0 Å². The van der Waals surface area contributed by atoms with Gasteiger partial charge in [-0.15, -0.1) is 0 Å². The lowest BCUT2D eigenvalue weighted by molar-refractivity contribution is 0.0454. The van der Waals surface area contributed by atoms with E-state index in [2.05, 4.69) is 6.92 Å². The van der Waals surface area contributed by atoms with Crippen LogP contribution in [0, 0.1) is 5.92 Å². The number of rotatable bonds is 12. The standard InChI is InChI=1S/C21H32O4/c1-4-5-6-7-8-9-10-15-24-20(22)18-11-13-19(14-12-18)21(23)25-16-17(2)3/h11-14,17H,4-10,15-16H2,1-3H3. The van der Waals surface area contributed by atoms with Crippen molar-refractivity contribution < 1.29 is 19.1 Å². The SMILES string of the molecule is CCCCCCCCCOC(=O)c1ccc(C(=O)OCC(C)C)cc1. The van der Waals surface area contributed by atoms with E-state index < -0.39 is 0 Å². The van der Waals surface area contributed by atoms with Crippen LogP contribution in [0.2, 0.25) is 0 Å². The average Bonchev–Trinajstić information content (AvgIpc) is 2.61. The minimum atomic E-state index is -0.364. The maximum Gasteiger partial charge on any atom is 0.338 e. The first-order valence-corrected chi connectivity index (χ1v) is 9.49. The van der Waals surface area contributed by atoms with Crippen molar-refractivity contribution in [2.45, 2.75) is 65.7 Å². The van der Waals surface area contributed by atoms with Gasteiger partial charge in [0.15, 0.2) is 0 Å². The van der Waals surface area contributed by atoms with Gasteiger partial charge in [-0.05, 0) is 36.6 Å². The molecule has 1 aromatic carbocycles. The molecule has 1 aromatic rings. The first kappa shape index (κ1) is 21.2. The van der Waals surface area contributed by atoms with Gasteiger partial charge in [0.2, 0.25) is 0 Å². The van der Waals surface area contributed by atoms with Crippen LogP contribution in [0.5, 0.6) is 0 Å². The molecule has 0 aliphatic rings. The van der Waals surface area contributed by atoms with E-state index in [9.17, 15) is 9.59 Å². The summed E-state index contributed by atoms with van der Waals surface area (Å²) in [5, 5.41) is 0. The van der Waals surface area contributed by atoms with Crippen molar-refractivity contribution in [3.8, 4) is 0 Å². The molecule has 0 fully saturated rings. The van der Waals surface area contributed by atoms with Gasteiger partial charge in [-0.25, -0.2) is 9.59 Å². The van der Waals surface area contributed by atoms with Crippen molar-refractivity contribution in [1.29, 1.82) is 0 Å². The number of carbonyl (C=O) groups is 2. The van der Waals surface area contributed by atoms with Gasteiger partial charge in [0.1, 0.15) is 0 Å². The lowest BCUT2D eigenvalue weighted by atomic mass is 10.1. The number of ether oxygens (including phenoxy) is 2. The van der Waals surface area contributed by atoms with Gasteiger partial charge < -0.3 is 9.47 Å². The van der Waals surface area contributed by atoms with Crippen LogP contribution in [-0.2, 0) is 9.47 Å². The summed E-state index contributed by atoms with van der Waals surface area (Å²) in [5.41, 5.74) is 0.910. The lowest BCUT2D eigenvalue weighted by Gasteiger charge is -2.08. The molecule has 4 nitrogen and oxygen atoms in total. The van der Waals surface area contributed by atoms with Crippen molar-refractivity contribution in [2.24, 2.45) is 5.92 Å². The van der Waals surface area contributed by atoms with E-state index in [1.807, 2.05) is 13.8 Å². The Morgan fingerprint density at radius 3 is 1.80 bits per heavy atom. The van der Waals surface area contributed by atoms with E-state index in [0.717, 1.165) is 12.8 Å². The Kier molecular flexibility index (Phi) is 10.6. The third-order valence-corrected chi connectivity index (χ3v) is 3.89. The molecule has 25 heavy (non-hydrogen) atoms. The van der Waals surface area contributed by atoms with Gasteiger partial charge >= 0.3 is 11.9 Å². The molecule has 1 rings (SSSR count). The molecule has 0 aliphatic carbocycles. The summed E-state index contributed by atoms with van der Waals surface area (Å²) in [4.78, 5) is 23.8. The topological polar surface area (TPSA) is 52.6 Å². The van der Waals surface area contributed by atoms with Gasteiger partial charge in [0, 0.05) is 0 Å². The van der Waals surface area contributed by atoms with Crippen molar-refractivity contribution >= 4 is 11.9 Å². The van der Waals surface area contributed by atoms with Crippen molar-refractivity contribution in [3.05, 3.63) is 35.4 Å². The van der Waals surface area contributed by atoms with Crippen LogP contribution in [0.1, 0.15) is 86.4 Å². The van der Waals surface area contributed by atoms with Crippen LogP contribution in [-0.4, -0.2) is 25.2 Å². The van der Waals surface area contributed by atoms with E-state index in [1.54, 1.807) is 24.3 Å². The van der Waals surface area contributed by atoms with E-state index in [-0.39, 0.29) is 11.9 Å². The molecule has 0 radical (unpaired) electrons. The lowest BCUT2D eigenvalue weighted by Crippen LogP contribution is -2.11. The number of hydrogen-bond donors (Lipinski definition) is 0. The van der Waals surface area contributed by atoms with E-state index >= 15 is 0 Å². The fourth-order valence-corrected chi connectivity index (χ4v) is 2.38. The molecule has 0 saturated carbocycles. The predicted molar refractivity (Wildman–Crippen MR) is 99.8 cm³/mol. The Morgan fingerprint density at radius 1 is 0.800 bits per heavy atom. The smallest absolute Gasteiger partial charge is 0.338 e. The van der Waals surface area contributed by atoms with Crippen LogP contribution in [0.4, 0.5) is 0 Å². The Balaban J connectivity index is 2.26. The van der Waals surface area contributed by atoms with E-state index in [0.29, 0.717) is 30.3 Å². The Morgan fingerprint density at radius 2 is 1.28 bits per heavy atom. The maximum atomic E-state index is 12.0. The molecule has 0 spiro atoms. The first-order valence-electron chi connectivity index (χ1n) is 9.49. The third-order valence-electron chi connectivity index (χ3n) is 3.89. The highest BCUT2D eigenvalue weighted by Gasteiger charge is 2.11. The molecule has 0 N–H and O–H groups in total. The summed E-state index contributed by atoms with van der Waals surface area (Å²) in [7, 11) is 0. The summed E-state index contributed by atoms with van der Waals surface area (Å²) in [6.07, 6.45) is 8.31. The molecule has 0 aromatic heterocycles. The molecule has 0 atom stereocenters. The fraction of sp³-hybridized carbons (Fsp3) is 0.619. The number of carbonyl (C=O) groups excluding carboxylic acids is 2. The quantitative estimate of drug-likeness (QED) is 0.374. The van der Waals surface area contributed by atoms with Crippen LogP contribution >= 0.6 is 0 Å². The van der Waals surface area contributed by atoms with Gasteiger partial charge in [-0.3, -0.25) is 0 Å². The molecule has 0 unspecified atom stereocenters. The monoisotopic (exact) mass is 348 g/mol. The number of esters is 2. The highest BCUT2D eigenvalue weighted by Crippen LogP contribution is 2.10. The Bertz CT molecular complexity index is 505. The van der Waals surface area contributed by atoms with Crippen molar-refractivity contribution in [2.75, 3.05) is 13.2 Å². The molecular formula is C21H32O4. The molecule has 0 bridgehead atoms. The largest absolute Gasteiger partial charge is 0.462 e. The third kappa shape index (κ3) is 9.28. The Hall–Kier alpha value is -1.84. The number of hydrogen-bond acceptors (Lipinski definition) is 4. The summed E-state index contributed by atoms with van der Waals surface area (Å²) in [6, 6.07) is 6.43. The summed E-state index contributed by atoms with van der Waals surface area (Å²) in [5.74, 6) is -0.408. The molecular weight excluding hydrogens is 316 g/mol. The van der Waals surface area contributed by atoms with Crippen LogP contribution in [0.3, 0.4) is 0 Å². The second kappa shape index (κ2) is 12.5. The predicted octanol–water partition coefficient (Wildman–Crippen LogP) is 5.41.